The van der Waals surface area contributed by atoms with Crippen molar-refractivity contribution < 1.29 is 27.5 Å². The van der Waals surface area contributed by atoms with E-state index in [0.717, 1.165) is 28.6 Å². The van der Waals surface area contributed by atoms with Gasteiger partial charge in [-0.15, -0.1) is 11.3 Å². The fourth-order valence-corrected chi connectivity index (χ4v) is 9.08. The number of rotatable bonds is 13. The van der Waals surface area contributed by atoms with Gasteiger partial charge in [-0.05, 0) is 85.6 Å². The summed E-state index contributed by atoms with van der Waals surface area (Å²) in [6.07, 6.45) is 4.48. The number of carbonyl (C=O) groups is 2. The Morgan fingerprint density at radius 1 is 1.20 bits per heavy atom. The molecule has 1 fully saturated rings. The number of amides is 1. The average Bonchev–Trinajstić information content (AvgIpc) is 3.45. The number of benzene rings is 2. The van der Waals surface area contributed by atoms with E-state index in [1.165, 1.54) is 11.3 Å². The Balaban J connectivity index is 1.49. The number of fused-ring (bicyclic) bond motifs is 2. The van der Waals surface area contributed by atoms with Gasteiger partial charge in [0.1, 0.15) is 10.9 Å². The van der Waals surface area contributed by atoms with Crippen LogP contribution in [0.1, 0.15) is 68.5 Å². The second kappa shape index (κ2) is 14.1. The number of carboxylic acids is 1. The van der Waals surface area contributed by atoms with Crippen molar-refractivity contribution in [3.8, 4) is 0 Å². The molecule has 3 heterocycles. The van der Waals surface area contributed by atoms with Crippen LogP contribution in [0, 0.1) is 11.3 Å². The molecule has 244 valence electrons. The first-order valence-electron chi connectivity index (χ1n) is 15.9. The number of sulfonamides is 1. The predicted molar refractivity (Wildman–Crippen MR) is 175 cm³/mol. The number of anilines is 1. The number of hydrogen-bond acceptors (Lipinski definition) is 7. The van der Waals surface area contributed by atoms with Gasteiger partial charge in [-0.1, -0.05) is 32.0 Å². The molecule has 1 atom stereocenters. The molecule has 2 aliphatic rings. The van der Waals surface area contributed by atoms with Gasteiger partial charge in [-0.3, -0.25) is 14.0 Å². The lowest BCUT2D eigenvalue weighted by molar-refractivity contribution is -0.137. The van der Waals surface area contributed by atoms with E-state index in [4.69, 9.17) is 0 Å². The molecule has 45 heavy (non-hydrogen) atoms. The van der Waals surface area contributed by atoms with Crippen molar-refractivity contribution in [1.29, 1.82) is 0 Å². The smallest absolute Gasteiger partial charge is 0.303 e. The number of carbonyl (C=O) groups excluding carboxylic acids is 1. The highest BCUT2D eigenvalue weighted by Gasteiger charge is 2.37. The van der Waals surface area contributed by atoms with Crippen molar-refractivity contribution in [3.05, 3.63) is 52.5 Å². The van der Waals surface area contributed by atoms with Crippen LogP contribution in [0.4, 0.5) is 10.1 Å². The highest BCUT2D eigenvalue weighted by molar-refractivity contribution is 7.89. The van der Waals surface area contributed by atoms with E-state index < -0.39 is 22.0 Å². The predicted octanol–water partition coefficient (Wildman–Crippen LogP) is 5.58. The normalized spacial score (nSPS) is 17.5. The van der Waals surface area contributed by atoms with Gasteiger partial charge in [0.2, 0.25) is 15.9 Å². The summed E-state index contributed by atoms with van der Waals surface area (Å²) in [5, 5.41) is 13.4. The number of para-hydroxylation sites is 1. The van der Waals surface area contributed by atoms with Crippen LogP contribution in [0.5, 0.6) is 0 Å². The molecule has 5 rings (SSSR count). The summed E-state index contributed by atoms with van der Waals surface area (Å²) in [7, 11) is -4.25. The number of hydrogen-bond donors (Lipinski definition) is 3. The Morgan fingerprint density at radius 2 is 1.93 bits per heavy atom. The zero-order valence-electron chi connectivity index (χ0n) is 26.0. The minimum absolute atomic E-state index is 0.0324. The second-order valence-electron chi connectivity index (χ2n) is 12.5. The van der Waals surface area contributed by atoms with Crippen molar-refractivity contribution >= 4 is 49.1 Å². The van der Waals surface area contributed by atoms with Crippen LogP contribution in [0.3, 0.4) is 0 Å². The third kappa shape index (κ3) is 7.66. The zero-order chi connectivity index (χ0) is 32.2. The van der Waals surface area contributed by atoms with Gasteiger partial charge in [-0.25, -0.2) is 13.4 Å². The molecule has 0 spiro atoms. The molecule has 9 nitrogen and oxygen atoms in total. The fourth-order valence-electron chi connectivity index (χ4n) is 6.61. The molecule has 2 aliphatic heterocycles. The van der Waals surface area contributed by atoms with Crippen LogP contribution in [0.2, 0.25) is 0 Å². The SMILES string of the molecule is CCC1(CC)CNc2c(cc(CCC(=O)O)cc2S(=O)(=O)NC(Cc2nc3ccccc3s2)C(=O)N2CCC(CCF)CC2)C1. The van der Waals surface area contributed by atoms with Crippen LogP contribution >= 0.6 is 11.3 Å². The Hall–Kier alpha value is -3.09. The van der Waals surface area contributed by atoms with Gasteiger partial charge < -0.3 is 15.3 Å². The number of aryl methyl sites for hydroxylation is 1. The molecule has 0 bridgehead atoms. The highest BCUT2D eigenvalue weighted by Crippen LogP contribution is 2.41. The van der Waals surface area contributed by atoms with Crippen LogP contribution in [0.25, 0.3) is 10.2 Å². The van der Waals surface area contributed by atoms with E-state index in [1.54, 1.807) is 11.0 Å². The lowest BCUT2D eigenvalue weighted by Crippen LogP contribution is -2.51. The summed E-state index contributed by atoms with van der Waals surface area (Å²) >= 11 is 1.43. The van der Waals surface area contributed by atoms with E-state index in [9.17, 15) is 27.5 Å². The van der Waals surface area contributed by atoms with Gasteiger partial charge in [-0.2, -0.15) is 4.72 Å². The number of aromatic nitrogens is 1. The molecule has 0 saturated carbocycles. The minimum Gasteiger partial charge on any atom is -0.481 e. The van der Waals surface area contributed by atoms with E-state index >= 15 is 0 Å². The summed E-state index contributed by atoms with van der Waals surface area (Å²) in [6.45, 7) is 5.37. The van der Waals surface area contributed by atoms with E-state index in [0.29, 0.717) is 61.6 Å². The lowest BCUT2D eigenvalue weighted by Gasteiger charge is -2.39. The Morgan fingerprint density at radius 3 is 2.60 bits per heavy atom. The fraction of sp³-hybridized carbons (Fsp3) is 0.545. The van der Waals surface area contributed by atoms with Crippen LogP contribution in [-0.4, -0.2) is 67.6 Å². The third-order valence-corrected chi connectivity index (χ3v) is 12.2. The number of aliphatic carboxylic acids is 1. The Kier molecular flexibility index (Phi) is 10.4. The molecule has 1 unspecified atom stereocenters. The summed E-state index contributed by atoms with van der Waals surface area (Å²) in [5.74, 6) is -1.07. The number of alkyl halides is 1. The summed E-state index contributed by atoms with van der Waals surface area (Å²) in [6, 6.07) is 10.0. The molecule has 1 saturated heterocycles. The molecule has 12 heteroatoms. The summed E-state index contributed by atoms with van der Waals surface area (Å²) in [5.41, 5.74) is 2.74. The molecule has 0 radical (unpaired) electrons. The number of thiazole rings is 1. The number of halogens is 1. The van der Waals surface area contributed by atoms with Crippen LogP contribution in [-0.2, 0) is 38.9 Å². The van der Waals surface area contributed by atoms with Crippen molar-refractivity contribution in [3.63, 3.8) is 0 Å². The summed E-state index contributed by atoms with van der Waals surface area (Å²) in [4.78, 5) is 31.8. The van der Waals surface area contributed by atoms with Crippen LogP contribution in [0.15, 0.2) is 41.3 Å². The largest absolute Gasteiger partial charge is 0.481 e. The topological polar surface area (TPSA) is 129 Å². The molecular formula is C33H43FN4O5S2. The molecular weight excluding hydrogens is 616 g/mol. The first kappa shape index (κ1) is 33.3. The van der Waals surface area contributed by atoms with Crippen molar-refractivity contribution in [2.45, 2.75) is 82.6 Å². The lowest BCUT2D eigenvalue weighted by atomic mass is 9.74. The van der Waals surface area contributed by atoms with Gasteiger partial charge in [0.15, 0.2) is 0 Å². The average molecular weight is 659 g/mol. The molecule has 1 amide bonds. The van der Waals surface area contributed by atoms with Crippen molar-refractivity contribution in [1.82, 2.24) is 14.6 Å². The number of likely N-dealkylation sites (tertiary alicyclic amines) is 1. The van der Waals surface area contributed by atoms with E-state index in [2.05, 4.69) is 28.9 Å². The zero-order valence-corrected chi connectivity index (χ0v) is 27.6. The number of piperidine rings is 1. The van der Waals surface area contributed by atoms with Crippen LogP contribution < -0.4 is 10.0 Å². The number of nitrogens with one attached hydrogen (secondary N) is 2. The van der Waals surface area contributed by atoms with Gasteiger partial charge in [0.25, 0.3) is 0 Å². The standard InChI is InChI=1S/C33H43FN4O5S2/c1-3-33(4-2)20-24-17-23(9-10-30(39)40)18-28(31(24)35-21-33)45(42,43)37-26(19-29-36-25-7-5-6-8-27(25)44-29)32(41)38-15-12-22(11-14-34)13-16-38/h5-8,17-18,22,26,35,37H,3-4,9-16,19-21H2,1-2H3,(H,39,40). The molecule has 2 aromatic carbocycles. The maximum absolute atomic E-state index is 14.3. The minimum atomic E-state index is -4.25. The molecule has 3 aromatic rings. The first-order valence-corrected chi connectivity index (χ1v) is 18.2. The quantitative estimate of drug-likeness (QED) is 0.219. The Labute approximate surface area is 268 Å². The second-order valence-corrected chi connectivity index (χ2v) is 15.3. The van der Waals surface area contributed by atoms with Gasteiger partial charge >= 0.3 is 5.97 Å². The van der Waals surface area contributed by atoms with Crippen molar-refractivity contribution in [2.75, 3.05) is 31.6 Å². The van der Waals surface area contributed by atoms with Gasteiger partial charge in [0, 0.05) is 32.5 Å². The maximum Gasteiger partial charge on any atom is 0.303 e. The number of nitrogens with zero attached hydrogens (tertiary/aromatic N) is 2. The maximum atomic E-state index is 14.3. The molecule has 1 aromatic heterocycles. The molecule has 0 aliphatic carbocycles. The molecule has 3 N–H and O–H groups in total. The third-order valence-electron chi connectivity index (χ3n) is 9.62. The highest BCUT2D eigenvalue weighted by atomic mass is 32.2. The Bertz CT molecular complexity index is 1600. The van der Waals surface area contributed by atoms with E-state index in [-0.39, 0.29) is 48.1 Å². The van der Waals surface area contributed by atoms with Crippen molar-refractivity contribution in [2.24, 2.45) is 11.3 Å². The monoisotopic (exact) mass is 658 g/mol. The van der Waals surface area contributed by atoms with Gasteiger partial charge in [0.05, 0.1) is 27.6 Å². The summed E-state index contributed by atoms with van der Waals surface area (Å²) < 4.78 is 45.3. The first-order chi connectivity index (χ1) is 21.6. The van der Waals surface area contributed by atoms with E-state index in [1.807, 2.05) is 30.3 Å². The number of carboxylic acid groups (broad SMARTS) is 1.